The standard InChI is InChI=1S/C15H17IN6/c1-9(2)22-19-15(18-20-22)12-8-17-21(14(12)16)13-10(3)6-5-7-11(13)4/h5-9H,1-4H3. The molecule has 0 aliphatic carbocycles. The molecule has 0 saturated heterocycles. The van der Waals surface area contributed by atoms with Crippen LogP contribution < -0.4 is 0 Å². The number of rotatable bonds is 3. The van der Waals surface area contributed by atoms with Gasteiger partial charge >= 0.3 is 0 Å². The lowest BCUT2D eigenvalue weighted by Gasteiger charge is -2.10. The van der Waals surface area contributed by atoms with Gasteiger partial charge in [0.05, 0.1) is 23.5 Å². The fourth-order valence-corrected chi connectivity index (χ4v) is 3.08. The molecule has 0 aliphatic rings. The number of para-hydroxylation sites is 1. The van der Waals surface area contributed by atoms with Gasteiger partial charge in [-0.15, -0.1) is 10.2 Å². The van der Waals surface area contributed by atoms with Gasteiger partial charge in [-0.25, -0.2) is 4.68 Å². The van der Waals surface area contributed by atoms with Crippen molar-refractivity contribution < 1.29 is 0 Å². The number of halogens is 1. The summed E-state index contributed by atoms with van der Waals surface area (Å²) in [5.74, 6) is 0.607. The molecular weight excluding hydrogens is 391 g/mol. The first-order chi connectivity index (χ1) is 10.5. The maximum Gasteiger partial charge on any atom is 0.209 e. The average Bonchev–Trinajstić information content (AvgIpc) is 3.06. The van der Waals surface area contributed by atoms with Crippen LogP contribution in [0.5, 0.6) is 0 Å². The molecule has 0 unspecified atom stereocenters. The molecule has 0 radical (unpaired) electrons. The zero-order valence-corrected chi connectivity index (χ0v) is 15.1. The van der Waals surface area contributed by atoms with Gasteiger partial charge in [-0.1, -0.05) is 18.2 Å². The number of aryl methyl sites for hydroxylation is 2. The van der Waals surface area contributed by atoms with Crippen molar-refractivity contribution in [2.24, 2.45) is 0 Å². The highest BCUT2D eigenvalue weighted by molar-refractivity contribution is 14.1. The highest BCUT2D eigenvalue weighted by Gasteiger charge is 2.18. The number of benzene rings is 1. The van der Waals surface area contributed by atoms with Crippen molar-refractivity contribution in [3.63, 3.8) is 0 Å². The Labute approximate surface area is 142 Å². The maximum absolute atomic E-state index is 4.53. The second-order valence-electron chi connectivity index (χ2n) is 5.53. The van der Waals surface area contributed by atoms with Crippen LogP contribution in [0.25, 0.3) is 17.1 Å². The van der Waals surface area contributed by atoms with Crippen LogP contribution in [-0.4, -0.2) is 30.0 Å². The average molecular weight is 408 g/mol. The highest BCUT2D eigenvalue weighted by atomic mass is 127. The molecule has 2 heterocycles. The lowest BCUT2D eigenvalue weighted by atomic mass is 10.1. The van der Waals surface area contributed by atoms with E-state index in [1.165, 1.54) is 11.1 Å². The minimum absolute atomic E-state index is 0.188. The third-order valence-corrected chi connectivity index (χ3v) is 4.53. The van der Waals surface area contributed by atoms with E-state index in [1.54, 1.807) is 11.0 Å². The van der Waals surface area contributed by atoms with Crippen molar-refractivity contribution in [3.8, 4) is 17.1 Å². The fraction of sp³-hybridized carbons (Fsp3) is 0.333. The molecule has 22 heavy (non-hydrogen) atoms. The first-order valence-corrected chi connectivity index (χ1v) is 8.17. The summed E-state index contributed by atoms with van der Waals surface area (Å²) < 4.78 is 2.93. The molecule has 0 atom stereocenters. The van der Waals surface area contributed by atoms with Crippen LogP contribution >= 0.6 is 22.6 Å². The summed E-state index contributed by atoms with van der Waals surface area (Å²) in [6.45, 7) is 8.23. The summed E-state index contributed by atoms with van der Waals surface area (Å²) in [7, 11) is 0. The van der Waals surface area contributed by atoms with E-state index >= 15 is 0 Å². The van der Waals surface area contributed by atoms with Gasteiger partial charge in [-0.05, 0) is 66.6 Å². The van der Waals surface area contributed by atoms with E-state index in [4.69, 9.17) is 0 Å². The van der Waals surface area contributed by atoms with Crippen molar-refractivity contribution in [2.45, 2.75) is 33.7 Å². The van der Waals surface area contributed by atoms with Gasteiger partial charge in [0, 0.05) is 0 Å². The Morgan fingerprint density at radius 1 is 1.14 bits per heavy atom. The van der Waals surface area contributed by atoms with E-state index < -0.39 is 0 Å². The first kappa shape index (κ1) is 15.1. The zero-order valence-electron chi connectivity index (χ0n) is 12.9. The fourth-order valence-electron chi connectivity index (χ4n) is 2.33. The number of hydrogen-bond acceptors (Lipinski definition) is 4. The Morgan fingerprint density at radius 3 is 2.41 bits per heavy atom. The molecule has 7 heteroatoms. The van der Waals surface area contributed by atoms with Gasteiger partial charge < -0.3 is 0 Å². The second-order valence-corrected chi connectivity index (χ2v) is 6.55. The van der Waals surface area contributed by atoms with E-state index in [0.717, 1.165) is 15.0 Å². The Kier molecular flexibility index (Phi) is 3.98. The molecule has 0 N–H and O–H groups in total. The molecule has 3 rings (SSSR count). The van der Waals surface area contributed by atoms with E-state index in [9.17, 15) is 0 Å². The summed E-state index contributed by atoms with van der Waals surface area (Å²) >= 11 is 2.29. The molecule has 114 valence electrons. The number of hydrogen-bond donors (Lipinski definition) is 0. The smallest absolute Gasteiger partial charge is 0.209 e. The summed E-state index contributed by atoms with van der Waals surface area (Å²) in [6, 6.07) is 6.43. The maximum atomic E-state index is 4.53. The number of aromatic nitrogens is 6. The summed E-state index contributed by atoms with van der Waals surface area (Å²) in [5, 5.41) is 17.2. The lowest BCUT2D eigenvalue weighted by Crippen LogP contribution is -2.05. The van der Waals surface area contributed by atoms with Gasteiger partial charge in [-0.2, -0.15) is 9.90 Å². The normalized spacial score (nSPS) is 11.4. The zero-order chi connectivity index (χ0) is 15.9. The van der Waals surface area contributed by atoms with Crippen molar-refractivity contribution in [1.29, 1.82) is 0 Å². The predicted molar refractivity (Wildman–Crippen MR) is 93.0 cm³/mol. The van der Waals surface area contributed by atoms with Crippen LogP contribution in [0.1, 0.15) is 31.0 Å². The third-order valence-electron chi connectivity index (χ3n) is 3.49. The van der Waals surface area contributed by atoms with Crippen LogP contribution in [0, 0.1) is 17.5 Å². The van der Waals surface area contributed by atoms with Gasteiger partial charge in [0.25, 0.3) is 0 Å². The highest BCUT2D eigenvalue weighted by Crippen LogP contribution is 2.27. The minimum atomic E-state index is 0.188. The van der Waals surface area contributed by atoms with Crippen molar-refractivity contribution in [3.05, 3.63) is 39.2 Å². The topological polar surface area (TPSA) is 61.4 Å². The van der Waals surface area contributed by atoms with Crippen LogP contribution in [0.3, 0.4) is 0 Å². The molecular formula is C15H17IN6. The second kappa shape index (κ2) is 5.79. The van der Waals surface area contributed by atoms with E-state index in [2.05, 4.69) is 75.1 Å². The van der Waals surface area contributed by atoms with E-state index in [1.807, 2.05) is 18.5 Å². The molecule has 3 aromatic rings. The van der Waals surface area contributed by atoms with Crippen molar-refractivity contribution >= 4 is 22.6 Å². The molecule has 0 bridgehead atoms. The van der Waals surface area contributed by atoms with Crippen molar-refractivity contribution in [1.82, 2.24) is 30.0 Å². The molecule has 0 amide bonds. The molecule has 0 spiro atoms. The van der Waals surface area contributed by atoms with Gasteiger partial charge in [0.1, 0.15) is 3.70 Å². The summed E-state index contributed by atoms with van der Waals surface area (Å²) in [6.07, 6.45) is 1.80. The number of nitrogens with zero attached hydrogens (tertiary/aromatic N) is 6. The van der Waals surface area contributed by atoms with Gasteiger partial charge in [-0.3, -0.25) is 0 Å². The minimum Gasteiger partial charge on any atom is -0.226 e. The Morgan fingerprint density at radius 2 is 1.82 bits per heavy atom. The Balaban J connectivity index is 2.09. The molecule has 1 aromatic carbocycles. The van der Waals surface area contributed by atoms with Crippen LogP contribution in [0.15, 0.2) is 24.4 Å². The first-order valence-electron chi connectivity index (χ1n) is 7.09. The quantitative estimate of drug-likeness (QED) is 0.624. The summed E-state index contributed by atoms with van der Waals surface area (Å²) in [5.41, 5.74) is 4.38. The molecule has 2 aromatic heterocycles. The Bertz CT molecular complexity index is 797. The van der Waals surface area contributed by atoms with E-state index in [0.29, 0.717) is 5.82 Å². The predicted octanol–water partition coefficient (Wildman–Crippen LogP) is 3.33. The van der Waals surface area contributed by atoms with E-state index in [-0.39, 0.29) is 6.04 Å². The van der Waals surface area contributed by atoms with Gasteiger partial charge in [0.15, 0.2) is 0 Å². The molecule has 0 fully saturated rings. The summed E-state index contributed by atoms with van der Waals surface area (Å²) in [4.78, 5) is 1.61. The number of tetrazole rings is 1. The van der Waals surface area contributed by atoms with Crippen molar-refractivity contribution in [2.75, 3.05) is 0 Å². The van der Waals surface area contributed by atoms with Crippen LogP contribution in [0.4, 0.5) is 0 Å². The molecule has 6 nitrogen and oxygen atoms in total. The molecule has 0 aliphatic heterocycles. The van der Waals surface area contributed by atoms with Crippen LogP contribution in [-0.2, 0) is 0 Å². The van der Waals surface area contributed by atoms with Gasteiger partial charge in [0.2, 0.25) is 5.82 Å². The lowest BCUT2D eigenvalue weighted by molar-refractivity contribution is 0.455. The Hall–Kier alpha value is -1.77. The largest absolute Gasteiger partial charge is 0.226 e. The monoisotopic (exact) mass is 408 g/mol. The molecule has 0 saturated carbocycles. The SMILES string of the molecule is Cc1cccc(C)c1-n1ncc(-c2nnn(C(C)C)n2)c1I. The third kappa shape index (κ3) is 2.53. The van der Waals surface area contributed by atoms with Crippen LogP contribution in [0.2, 0.25) is 0 Å².